The van der Waals surface area contributed by atoms with Gasteiger partial charge in [-0.3, -0.25) is 4.79 Å². The van der Waals surface area contributed by atoms with E-state index in [4.69, 9.17) is 4.74 Å². The molecule has 1 amide bonds. The monoisotopic (exact) mass is 235 g/mol. The number of nitrogens with one attached hydrogen (secondary N) is 2. The van der Waals surface area contributed by atoms with Crippen LogP contribution < -0.4 is 15.4 Å². The third-order valence-electron chi connectivity index (χ3n) is 2.84. The smallest absolute Gasteiger partial charge is 0.242 e. The Kier molecular flexibility index (Phi) is 3.58. The predicted octanol–water partition coefficient (Wildman–Crippen LogP) is 1.09. The predicted molar refractivity (Wildman–Crippen MR) is 65.2 cm³/mol. The molecule has 1 aliphatic heterocycles. The topological polar surface area (TPSA) is 63.2 Å². The van der Waals surface area contributed by atoms with Gasteiger partial charge in [-0.2, -0.15) is 0 Å². The molecular weight excluding hydrogens is 218 g/mol. The number of carbonyl (C=O) groups excluding carboxylic acids is 1. The fourth-order valence-electron chi connectivity index (χ4n) is 1.91. The van der Waals surface area contributed by atoms with E-state index in [1.807, 2.05) is 13.0 Å². The molecule has 0 aromatic carbocycles. The number of methoxy groups -OCH3 is 1. The van der Waals surface area contributed by atoms with Crippen molar-refractivity contribution in [3.05, 3.63) is 17.8 Å². The van der Waals surface area contributed by atoms with Gasteiger partial charge >= 0.3 is 0 Å². The molecule has 1 saturated heterocycles. The molecular formula is C12H17N3O2. The van der Waals surface area contributed by atoms with E-state index in [1.165, 1.54) is 0 Å². The van der Waals surface area contributed by atoms with Crippen molar-refractivity contribution in [1.82, 2.24) is 10.3 Å². The average Bonchev–Trinajstić information content (AvgIpc) is 2.83. The first-order chi connectivity index (χ1) is 8.20. The lowest BCUT2D eigenvalue weighted by Gasteiger charge is -2.13. The summed E-state index contributed by atoms with van der Waals surface area (Å²) in [4.78, 5) is 16.2. The standard InChI is InChI=1S/C12H17N3O2/c1-8-5-6-10(17-2)11(14-8)15-12(16)9-4-3-7-13-9/h5-6,9,13H,3-4,7H2,1-2H3,(H,14,15,16). The Balaban J connectivity index is 2.11. The number of pyridine rings is 1. The van der Waals surface area contributed by atoms with Crippen molar-refractivity contribution < 1.29 is 9.53 Å². The van der Waals surface area contributed by atoms with Gasteiger partial charge < -0.3 is 15.4 Å². The number of ether oxygens (including phenoxy) is 1. The minimum atomic E-state index is -0.109. The maximum atomic E-state index is 11.9. The highest BCUT2D eigenvalue weighted by atomic mass is 16.5. The molecule has 2 N–H and O–H groups in total. The summed E-state index contributed by atoms with van der Waals surface area (Å²) in [7, 11) is 1.57. The Morgan fingerprint density at radius 3 is 3.06 bits per heavy atom. The van der Waals surface area contributed by atoms with Crippen molar-refractivity contribution in [1.29, 1.82) is 0 Å². The van der Waals surface area contributed by atoms with E-state index in [-0.39, 0.29) is 11.9 Å². The van der Waals surface area contributed by atoms with Gasteiger partial charge in [-0.1, -0.05) is 0 Å². The van der Waals surface area contributed by atoms with Gasteiger partial charge in [-0.05, 0) is 38.4 Å². The Bertz CT molecular complexity index is 414. The zero-order valence-corrected chi connectivity index (χ0v) is 10.1. The third kappa shape index (κ3) is 2.74. The van der Waals surface area contributed by atoms with Gasteiger partial charge in [0, 0.05) is 5.69 Å². The third-order valence-corrected chi connectivity index (χ3v) is 2.84. The first kappa shape index (κ1) is 11.9. The molecule has 0 radical (unpaired) electrons. The molecule has 0 aliphatic carbocycles. The second-order valence-electron chi connectivity index (χ2n) is 4.14. The second-order valence-corrected chi connectivity index (χ2v) is 4.14. The quantitative estimate of drug-likeness (QED) is 0.823. The SMILES string of the molecule is COc1ccc(C)nc1NC(=O)C1CCCN1. The molecule has 0 bridgehead atoms. The molecule has 0 saturated carbocycles. The normalized spacial score (nSPS) is 19.1. The van der Waals surface area contributed by atoms with Crippen LogP contribution in [-0.4, -0.2) is 30.6 Å². The number of aromatic nitrogens is 1. The minimum Gasteiger partial charge on any atom is -0.493 e. The van der Waals surface area contributed by atoms with E-state index in [0.29, 0.717) is 11.6 Å². The molecule has 5 nitrogen and oxygen atoms in total. The summed E-state index contributed by atoms with van der Waals surface area (Å²) in [5.74, 6) is 1.03. The first-order valence-electron chi connectivity index (χ1n) is 5.76. The molecule has 5 heteroatoms. The van der Waals surface area contributed by atoms with Crippen molar-refractivity contribution >= 4 is 11.7 Å². The number of carbonyl (C=O) groups is 1. The molecule has 1 aromatic rings. The lowest BCUT2D eigenvalue weighted by molar-refractivity contribution is -0.117. The van der Waals surface area contributed by atoms with Crippen LogP contribution in [0.4, 0.5) is 5.82 Å². The van der Waals surface area contributed by atoms with Crippen LogP contribution in [0.2, 0.25) is 0 Å². The molecule has 1 fully saturated rings. The average molecular weight is 235 g/mol. The van der Waals surface area contributed by atoms with Gasteiger partial charge in [0.2, 0.25) is 5.91 Å². The van der Waals surface area contributed by atoms with Gasteiger partial charge in [0.15, 0.2) is 11.6 Å². The number of rotatable bonds is 3. The fraction of sp³-hybridized carbons (Fsp3) is 0.500. The van der Waals surface area contributed by atoms with Crippen LogP contribution in [-0.2, 0) is 4.79 Å². The summed E-state index contributed by atoms with van der Waals surface area (Å²) in [5.41, 5.74) is 0.848. The lowest BCUT2D eigenvalue weighted by atomic mass is 10.2. The molecule has 17 heavy (non-hydrogen) atoms. The lowest BCUT2D eigenvalue weighted by Crippen LogP contribution is -2.35. The number of aryl methyl sites for hydroxylation is 1. The molecule has 1 atom stereocenters. The molecule has 2 heterocycles. The van der Waals surface area contributed by atoms with Crippen LogP contribution in [0, 0.1) is 6.92 Å². The van der Waals surface area contributed by atoms with Crippen molar-refractivity contribution in [2.45, 2.75) is 25.8 Å². The Morgan fingerprint density at radius 1 is 1.59 bits per heavy atom. The van der Waals surface area contributed by atoms with Crippen LogP contribution in [0.25, 0.3) is 0 Å². The van der Waals surface area contributed by atoms with Crippen molar-refractivity contribution in [3.8, 4) is 5.75 Å². The molecule has 2 rings (SSSR count). The van der Waals surface area contributed by atoms with Crippen LogP contribution in [0.5, 0.6) is 5.75 Å². The summed E-state index contributed by atoms with van der Waals surface area (Å²) >= 11 is 0. The summed E-state index contributed by atoms with van der Waals surface area (Å²) in [6.45, 7) is 2.78. The molecule has 1 aromatic heterocycles. The van der Waals surface area contributed by atoms with Crippen molar-refractivity contribution in [2.75, 3.05) is 19.0 Å². The Morgan fingerprint density at radius 2 is 2.41 bits per heavy atom. The van der Waals surface area contributed by atoms with E-state index < -0.39 is 0 Å². The molecule has 1 unspecified atom stereocenters. The van der Waals surface area contributed by atoms with Gasteiger partial charge in [-0.15, -0.1) is 0 Å². The number of hydrogen-bond acceptors (Lipinski definition) is 4. The highest BCUT2D eigenvalue weighted by Gasteiger charge is 2.23. The molecule has 0 spiro atoms. The van der Waals surface area contributed by atoms with Crippen LogP contribution in [0.3, 0.4) is 0 Å². The number of amides is 1. The van der Waals surface area contributed by atoms with E-state index in [2.05, 4.69) is 15.6 Å². The first-order valence-corrected chi connectivity index (χ1v) is 5.76. The van der Waals surface area contributed by atoms with Crippen molar-refractivity contribution in [3.63, 3.8) is 0 Å². The minimum absolute atomic E-state index is 0.0427. The van der Waals surface area contributed by atoms with Gasteiger partial charge in [0.1, 0.15) is 0 Å². The van der Waals surface area contributed by atoms with E-state index in [9.17, 15) is 4.79 Å². The number of nitrogens with zero attached hydrogens (tertiary/aromatic N) is 1. The van der Waals surface area contributed by atoms with Gasteiger partial charge in [0.05, 0.1) is 13.2 Å². The van der Waals surface area contributed by atoms with Crippen LogP contribution in [0.1, 0.15) is 18.5 Å². The zero-order valence-electron chi connectivity index (χ0n) is 10.1. The zero-order chi connectivity index (χ0) is 12.3. The maximum Gasteiger partial charge on any atom is 0.242 e. The van der Waals surface area contributed by atoms with E-state index >= 15 is 0 Å². The largest absolute Gasteiger partial charge is 0.493 e. The highest BCUT2D eigenvalue weighted by Crippen LogP contribution is 2.22. The Hall–Kier alpha value is -1.62. The van der Waals surface area contributed by atoms with Crippen molar-refractivity contribution in [2.24, 2.45) is 0 Å². The van der Waals surface area contributed by atoms with Crippen LogP contribution >= 0.6 is 0 Å². The number of anilines is 1. The summed E-state index contributed by atoms with van der Waals surface area (Å²) in [5, 5.41) is 5.95. The van der Waals surface area contributed by atoms with E-state index in [1.54, 1.807) is 13.2 Å². The molecule has 1 aliphatic rings. The fourth-order valence-corrected chi connectivity index (χ4v) is 1.91. The molecule has 92 valence electrons. The maximum absolute atomic E-state index is 11.9. The highest BCUT2D eigenvalue weighted by molar-refractivity contribution is 5.95. The Labute approximate surface area is 101 Å². The summed E-state index contributed by atoms with van der Waals surface area (Å²) < 4.78 is 5.17. The summed E-state index contributed by atoms with van der Waals surface area (Å²) in [6.07, 6.45) is 1.91. The van der Waals surface area contributed by atoms with Crippen LogP contribution in [0.15, 0.2) is 12.1 Å². The van der Waals surface area contributed by atoms with Gasteiger partial charge in [0.25, 0.3) is 0 Å². The van der Waals surface area contributed by atoms with E-state index in [0.717, 1.165) is 25.1 Å². The van der Waals surface area contributed by atoms with Gasteiger partial charge in [-0.25, -0.2) is 4.98 Å². The second kappa shape index (κ2) is 5.14. The summed E-state index contributed by atoms with van der Waals surface area (Å²) in [6, 6.07) is 3.55. The number of hydrogen-bond donors (Lipinski definition) is 2.